The summed E-state index contributed by atoms with van der Waals surface area (Å²) < 4.78 is 0. The SMILES string of the molecule is CNC(=O)c1ccc(NC(=O)CN2CCN(Cc3ccc(-c4ccccc4Cl)s3)CC2)cc1. The number of carbonyl (C=O) groups is 2. The number of hydrogen-bond donors (Lipinski definition) is 2. The molecule has 33 heavy (non-hydrogen) atoms. The number of anilines is 1. The minimum absolute atomic E-state index is 0.0428. The Balaban J connectivity index is 1.23. The van der Waals surface area contributed by atoms with E-state index < -0.39 is 0 Å². The van der Waals surface area contributed by atoms with Crippen LogP contribution in [0.15, 0.2) is 60.7 Å². The molecule has 2 aromatic carbocycles. The topological polar surface area (TPSA) is 64.7 Å². The van der Waals surface area contributed by atoms with Gasteiger partial charge in [-0.2, -0.15) is 0 Å². The van der Waals surface area contributed by atoms with Gasteiger partial charge in [0, 0.05) is 71.4 Å². The zero-order chi connectivity index (χ0) is 23.2. The molecule has 0 unspecified atom stereocenters. The molecular formula is C25H27ClN4O2S. The minimum Gasteiger partial charge on any atom is -0.355 e. The van der Waals surface area contributed by atoms with Crippen LogP contribution in [0.5, 0.6) is 0 Å². The van der Waals surface area contributed by atoms with E-state index in [2.05, 4.69) is 38.6 Å². The zero-order valence-electron chi connectivity index (χ0n) is 18.5. The summed E-state index contributed by atoms with van der Waals surface area (Å²) in [6, 6.07) is 19.2. The molecule has 1 aliphatic rings. The first-order chi connectivity index (χ1) is 16.0. The van der Waals surface area contributed by atoms with Crippen LogP contribution in [-0.4, -0.2) is 61.4 Å². The molecule has 2 heterocycles. The van der Waals surface area contributed by atoms with E-state index in [0.717, 1.165) is 43.3 Å². The van der Waals surface area contributed by atoms with Crippen LogP contribution in [0.2, 0.25) is 5.02 Å². The number of nitrogens with zero attached hydrogens (tertiary/aromatic N) is 2. The van der Waals surface area contributed by atoms with Crippen molar-refractivity contribution in [3.05, 3.63) is 76.1 Å². The molecule has 6 nitrogen and oxygen atoms in total. The number of amides is 2. The third kappa shape index (κ3) is 6.21. The number of thiophene rings is 1. The molecule has 0 radical (unpaired) electrons. The van der Waals surface area contributed by atoms with Crippen LogP contribution in [0.4, 0.5) is 5.69 Å². The van der Waals surface area contributed by atoms with Gasteiger partial charge in [-0.15, -0.1) is 11.3 Å². The standard InChI is InChI=1S/C25H27ClN4O2S/c1-27-25(32)18-6-8-19(9-7-18)28-24(31)17-30-14-12-29(13-15-30)16-20-10-11-23(33-20)21-4-2-3-5-22(21)26/h2-11H,12-17H2,1H3,(H,27,32)(H,28,31). The van der Waals surface area contributed by atoms with Crippen molar-refractivity contribution < 1.29 is 9.59 Å². The third-order valence-electron chi connectivity index (χ3n) is 5.67. The molecule has 0 aliphatic carbocycles. The molecule has 1 fully saturated rings. The van der Waals surface area contributed by atoms with Crippen LogP contribution >= 0.6 is 22.9 Å². The fraction of sp³-hybridized carbons (Fsp3) is 0.280. The molecule has 0 saturated carbocycles. The van der Waals surface area contributed by atoms with E-state index in [0.29, 0.717) is 17.8 Å². The number of carbonyl (C=O) groups excluding carboxylic acids is 2. The fourth-order valence-corrected chi connectivity index (χ4v) is 5.23. The number of hydrogen-bond acceptors (Lipinski definition) is 5. The molecule has 0 spiro atoms. The number of piperazine rings is 1. The van der Waals surface area contributed by atoms with Crippen molar-refractivity contribution in [3.8, 4) is 10.4 Å². The Hall–Kier alpha value is -2.71. The second kappa shape index (κ2) is 10.9. The first-order valence-electron chi connectivity index (χ1n) is 10.9. The maximum absolute atomic E-state index is 12.4. The van der Waals surface area contributed by atoms with E-state index in [1.54, 1.807) is 42.6 Å². The van der Waals surface area contributed by atoms with Crippen molar-refractivity contribution >= 4 is 40.4 Å². The average Bonchev–Trinajstić information content (AvgIpc) is 3.29. The molecule has 2 N–H and O–H groups in total. The summed E-state index contributed by atoms with van der Waals surface area (Å²) in [4.78, 5) is 31.2. The second-order valence-electron chi connectivity index (χ2n) is 8.00. The van der Waals surface area contributed by atoms with E-state index in [4.69, 9.17) is 11.6 Å². The van der Waals surface area contributed by atoms with Crippen molar-refractivity contribution in [1.82, 2.24) is 15.1 Å². The Kier molecular flexibility index (Phi) is 7.77. The van der Waals surface area contributed by atoms with Crippen molar-refractivity contribution in [2.75, 3.05) is 45.1 Å². The molecule has 1 aliphatic heterocycles. The van der Waals surface area contributed by atoms with E-state index in [9.17, 15) is 9.59 Å². The smallest absolute Gasteiger partial charge is 0.251 e. The van der Waals surface area contributed by atoms with Gasteiger partial charge in [0.25, 0.3) is 5.91 Å². The van der Waals surface area contributed by atoms with Crippen LogP contribution in [-0.2, 0) is 11.3 Å². The lowest BCUT2D eigenvalue weighted by molar-refractivity contribution is -0.117. The zero-order valence-corrected chi connectivity index (χ0v) is 20.1. The summed E-state index contributed by atoms with van der Waals surface area (Å²) in [6.07, 6.45) is 0. The van der Waals surface area contributed by atoms with Crippen molar-refractivity contribution in [2.24, 2.45) is 0 Å². The lowest BCUT2D eigenvalue weighted by Gasteiger charge is -2.34. The van der Waals surface area contributed by atoms with Gasteiger partial charge >= 0.3 is 0 Å². The van der Waals surface area contributed by atoms with Crippen molar-refractivity contribution in [2.45, 2.75) is 6.54 Å². The van der Waals surface area contributed by atoms with Gasteiger partial charge < -0.3 is 10.6 Å². The van der Waals surface area contributed by atoms with Gasteiger partial charge in [0.05, 0.1) is 6.54 Å². The summed E-state index contributed by atoms with van der Waals surface area (Å²) in [6.45, 7) is 4.83. The summed E-state index contributed by atoms with van der Waals surface area (Å²) in [5, 5.41) is 6.27. The molecule has 4 rings (SSSR count). The minimum atomic E-state index is -0.145. The van der Waals surface area contributed by atoms with Gasteiger partial charge in [0.2, 0.25) is 5.91 Å². The molecule has 8 heteroatoms. The second-order valence-corrected chi connectivity index (χ2v) is 9.58. The molecule has 1 saturated heterocycles. The number of rotatable bonds is 7. The molecule has 1 aromatic heterocycles. The van der Waals surface area contributed by atoms with E-state index in [1.807, 2.05) is 18.2 Å². The van der Waals surface area contributed by atoms with Crippen LogP contribution in [0.3, 0.4) is 0 Å². The van der Waals surface area contributed by atoms with E-state index >= 15 is 0 Å². The maximum atomic E-state index is 12.4. The van der Waals surface area contributed by atoms with Crippen molar-refractivity contribution in [1.29, 1.82) is 0 Å². The van der Waals surface area contributed by atoms with Crippen LogP contribution in [0.25, 0.3) is 10.4 Å². The third-order valence-corrected chi connectivity index (χ3v) is 7.10. The monoisotopic (exact) mass is 482 g/mol. The molecule has 3 aromatic rings. The summed E-state index contributed by atoms with van der Waals surface area (Å²) >= 11 is 8.12. The van der Waals surface area contributed by atoms with E-state index in [1.165, 1.54) is 9.75 Å². The van der Waals surface area contributed by atoms with Gasteiger partial charge in [-0.25, -0.2) is 0 Å². The largest absolute Gasteiger partial charge is 0.355 e. The maximum Gasteiger partial charge on any atom is 0.251 e. The Morgan fingerprint density at radius 3 is 2.33 bits per heavy atom. The highest BCUT2D eigenvalue weighted by atomic mass is 35.5. The van der Waals surface area contributed by atoms with Crippen LogP contribution < -0.4 is 10.6 Å². The van der Waals surface area contributed by atoms with Gasteiger partial charge in [-0.1, -0.05) is 29.8 Å². The molecular weight excluding hydrogens is 456 g/mol. The lowest BCUT2D eigenvalue weighted by Crippen LogP contribution is -2.48. The normalized spacial score (nSPS) is 14.7. The quantitative estimate of drug-likeness (QED) is 0.530. The fourth-order valence-electron chi connectivity index (χ4n) is 3.85. The molecule has 0 atom stereocenters. The Morgan fingerprint density at radius 1 is 0.939 bits per heavy atom. The summed E-state index contributed by atoms with van der Waals surface area (Å²) in [5.41, 5.74) is 2.34. The number of benzene rings is 2. The van der Waals surface area contributed by atoms with Gasteiger partial charge in [0.15, 0.2) is 0 Å². The van der Waals surface area contributed by atoms with Gasteiger partial charge in [-0.3, -0.25) is 19.4 Å². The first-order valence-corrected chi connectivity index (χ1v) is 12.1. The average molecular weight is 483 g/mol. The highest BCUT2D eigenvalue weighted by molar-refractivity contribution is 7.15. The van der Waals surface area contributed by atoms with Gasteiger partial charge in [-0.05, 0) is 42.5 Å². The molecule has 0 bridgehead atoms. The van der Waals surface area contributed by atoms with E-state index in [-0.39, 0.29) is 11.8 Å². The number of nitrogens with one attached hydrogen (secondary N) is 2. The van der Waals surface area contributed by atoms with Gasteiger partial charge in [0.1, 0.15) is 0 Å². The number of halogens is 1. The molecule has 2 amide bonds. The Bertz CT molecular complexity index is 1110. The highest BCUT2D eigenvalue weighted by Gasteiger charge is 2.20. The predicted molar refractivity (Wildman–Crippen MR) is 135 cm³/mol. The van der Waals surface area contributed by atoms with Crippen LogP contribution in [0.1, 0.15) is 15.2 Å². The first kappa shape index (κ1) is 23.4. The van der Waals surface area contributed by atoms with Crippen LogP contribution in [0, 0.1) is 0 Å². The highest BCUT2D eigenvalue weighted by Crippen LogP contribution is 2.33. The van der Waals surface area contributed by atoms with Crippen molar-refractivity contribution in [3.63, 3.8) is 0 Å². The predicted octanol–water partition coefficient (Wildman–Crippen LogP) is 4.18. The molecule has 172 valence electrons. The Morgan fingerprint density at radius 2 is 1.64 bits per heavy atom. The summed E-state index contributed by atoms with van der Waals surface area (Å²) in [7, 11) is 1.59. The summed E-state index contributed by atoms with van der Waals surface area (Å²) in [5.74, 6) is -0.188. The lowest BCUT2D eigenvalue weighted by atomic mass is 10.2. The Labute approximate surface area is 203 Å².